The molecule has 34 heavy (non-hydrogen) atoms. The number of carbonyl (C=O) groups is 1. The number of carbonyl (C=O) groups excluding carboxylic acids is 1. The Hall–Kier alpha value is -2.06. The zero-order valence-corrected chi connectivity index (χ0v) is 21.2. The highest BCUT2D eigenvalue weighted by Crippen LogP contribution is 2.34. The van der Waals surface area contributed by atoms with Crippen molar-refractivity contribution in [3.05, 3.63) is 35.7 Å². The number of hydrogen-bond acceptors (Lipinski definition) is 5. The van der Waals surface area contributed by atoms with Gasteiger partial charge in [-0.2, -0.15) is 0 Å². The van der Waals surface area contributed by atoms with Gasteiger partial charge in [-0.3, -0.25) is 4.79 Å². The van der Waals surface area contributed by atoms with Crippen LogP contribution in [0.3, 0.4) is 0 Å². The number of sulfonamides is 1. The number of amides is 1. The molecule has 1 heterocycles. The Labute approximate surface area is 204 Å². The topological polar surface area (TPSA) is 87.7 Å². The van der Waals surface area contributed by atoms with Crippen molar-refractivity contribution in [2.45, 2.75) is 88.5 Å². The molecule has 1 saturated carbocycles. The number of nitrogens with zero attached hydrogens (tertiary/aromatic N) is 1. The summed E-state index contributed by atoms with van der Waals surface area (Å²) in [6, 6.07) is 3.38. The highest BCUT2D eigenvalue weighted by atomic mass is 32.2. The average Bonchev–Trinajstić information content (AvgIpc) is 2.85. The zero-order valence-electron chi connectivity index (χ0n) is 20.4. The van der Waals surface area contributed by atoms with Crippen molar-refractivity contribution in [2.75, 3.05) is 25.0 Å². The maximum atomic E-state index is 13.4. The Morgan fingerprint density at radius 2 is 1.71 bits per heavy atom. The molecule has 0 radical (unpaired) electrons. The summed E-state index contributed by atoms with van der Waals surface area (Å²) in [6.07, 6.45) is 10.2. The van der Waals surface area contributed by atoms with Gasteiger partial charge < -0.3 is 15.0 Å². The van der Waals surface area contributed by atoms with Gasteiger partial charge in [-0.25, -0.2) is 13.1 Å². The fraction of sp³-hybridized carbons (Fsp3) is 0.654. The fourth-order valence-electron chi connectivity index (χ4n) is 5.59. The van der Waals surface area contributed by atoms with E-state index in [1.807, 2.05) is 6.92 Å². The third-order valence-electron chi connectivity index (χ3n) is 7.50. The minimum atomic E-state index is -3.65. The van der Waals surface area contributed by atoms with Crippen LogP contribution in [0.15, 0.2) is 29.5 Å². The van der Waals surface area contributed by atoms with Gasteiger partial charge in [0.2, 0.25) is 15.9 Å². The third kappa shape index (κ3) is 5.77. The SMILES string of the molecule is C=C(OCC)N1CCC(NS(=O)(=O)c2ccc(NC(=O)C3CCCCC3)c3c2CCCC3)CC1. The number of fused-ring (bicyclic) bond motifs is 1. The molecule has 0 unspecified atom stereocenters. The van der Waals surface area contributed by atoms with E-state index in [0.29, 0.717) is 30.2 Å². The first-order chi connectivity index (χ1) is 16.4. The molecule has 0 atom stereocenters. The highest BCUT2D eigenvalue weighted by molar-refractivity contribution is 7.89. The Kier molecular flexibility index (Phi) is 8.19. The minimum Gasteiger partial charge on any atom is -0.480 e. The molecule has 4 rings (SSSR count). The first-order valence-corrected chi connectivity index (χ1v) is 14.4. The summed E-state index contributed by atoms with van der Waals surface area (Å²) in [6.45, 7) is 7.90. The number of rotatable bonds is 8. The van der Waals surface area contributed by atoms with E-state index in [2.05, 4.69) is 21.5 Å². The second-order valence-corrected chi connectivity index (χ2v) is 11.5. The van der Waals surface area contributed by atoms with Gasteiger partial charge in [0.05, 0.1) is 11.5 Å². The van der Waals surface area contributed by atoms with E-state index in [9.17, 15) is 13.2 Å². The van der Waals surface area contributed by atoms with Gasteiger partial charge in [-0.05, 0) is 88.1 Å². The maximum Gasteiger partial charge on any atom is 0.241 e. The Balaban J connectivity index is 1.47. The molecule has 1 saturated heterocycles. The summed E-state index contributed by atoms with van der Waals surface area (Å²) < 4.78 is 35.3. The predicted molar refractivity (Wildman–Crippen MR) is 134 cm³/mol. The van der Waals surface area contributed by atoms with Crippen LogP contribution < -0.4 is 10.0 Å². The van der Waals surface area contributed by atoms with E-state index >= 15 is 0 Å². The second kappa shape index (κ2) is 11.1. The molecule has 2 N–H and O–H groups in total. The van der Waals surface area contributed by atoms with Gasteiger partial charge in [0.25, 0.3) is 0 Å². The van der Waals surface area contributed by atoms with Crippen LogP contribution in [0.4, 0.5) is 5.69 Å². The molecule has 1 amide bonds. The van der Waals surface area contributed by atoms with Crippen LogP contribution in [0, 0.1) is 5.92 Å². The molecular formula is C26H39N3O4S. The first kappa shape index (κ1) is 25.0. The number of likely N-dealkylation sites (tertiary alicyclic amines) is 1. The maximum absolute atomic E-state index is 13.4. The summed E-state index contributed by atoms with van der Waals surface area (Å²) in [5, 5.41) is 3.15. The average molecular weight is 490 g/mol. The number of benzene rings is 1. The molecule has 2 fully saturated rings. The number of piperidine rings is 1. The van der Waals surface area contributed by atoms with Crippen molar-refractivity contribution in [3.63, 3.8) is 0 Å². The zero-order chi connectivity index (χ0) is 24.1. The number of ether oxygens (including phenoxy) is 1. The molecule has 1 aliphatic heterocycles. The number of anilines is 1. The van der Waals surface area contributed by atoms with Gasteiger partial charge in [0.1, 0.15) is 0 Å². The van der Waals surface area contributed by atoms with E-state index in [4.69, 9.17) is 4.74 Å². The fourth-order valence-corrected chi connectivity index (χ4v) is 7.19. The molecule has 188 valence electrons. The monoisotopic (exact) mass is 489 g/mol. The van der Waals surface area contributed by atoms with E-state index in [1.54, 1.807) is 12.1 Å². The molecule has 0 aromatic heterocycles. The second-order valence-electron chi connectivity index (χ2n) is 9.81. The van der Waals surface area contributed by atoms with Crippen molar-refractivity contribution < 1.29 is 17.9 Å². The Bertz CT molecular complexity index is 994. The summed E-state index contributed by atoms with van der Waals surface area (Å²) in [4.78, 5) is 15.3. The molecule has 3 aliphatic rings. The van der Waals surface area contributed by atoms with Crippen molar-refractivity contribution in [3.8, 4) is 0 Å². The van der Waals surface area contributed by atoms with Crippen molar-refractivity contribution in [1.29, 1.82) is 0 Å². The first-order valence-electron chi connectivity index (χ1n) is 12.9. The molecular weight excluding hydrogens is 450 g/mol. The number of hydrogen-bond donors (Lipinski definition) is 2. The lowest BCUT2D eigenvalue weighted by Gasteiger charge is -2.34. The van der Waals surface area contributed by atoms with Gasteiger partial charge >= 0.3 is 0 Å². The van der Waals surface area contributed by atoms with Crippen molar-refractivity contribution in [2.24, 2.45) is 5.92 Å². The van der Waals surface area contributed by atoms with Crippen LogP contribution in [0.2, 0.25) is 0 Å². The van der Waals surface area contributed by atoms with Crippen LogP contribution in [0.5, 0.6) is 0 Å². The van der Waals surface area contributed by atoms with Crippen LogP contribution >= 0.6 is 0 Å². The van der Waals surface area contributed by atoms with E-state index in [-0.39, 0.29) is 17.9 Å². The molecule has 1 aromatic carbocycles. The summed E-state index contributed by atoms with van der Waals surface area (Å²) >= 11 is 0. The molecule has 1 aromatic rings. The highest BCUT2D eigenvalue weighted by Gasteiger charge is 2.30. The van der Waals surface area contributed by atoms with Crippen LogP contribution in [0.1, 0.15) is 75.8 Å². The Morgan fingerprint density at radius 1 is 1.03 bits per heavy atom. The smallest absolute Gasteiger partial charge is 0.241 e. The standard InChI is InChI=1S/C26H39N3O4S/c1-3-33-19(2)29-17-15-21(16-18-29)28-34(31,32)25-14-13-24(22-11-7-8-12-23(22)25)27-26(30)20-9-5-4-6-10-20/h13-14,20-21,28H,2-12,15-18H2,1H3,(H,27,30). The van der Waals surface area contributed by atoms with Crippen LogP contribution in [-0.2, 0) is 32.4 Å². The minimum absolute atomic E-state index is 0.0720. The van der Waals surface area contributed by atoms with Crippen molar-refractivity contribution in [1.82, 2.24) is 9.62 Å². The van der Waals surface area contributed by atoms with Crippen molar-refractivity contribution >= 4 is 21.6 Å². The Morgan fingerprint density at radius 3 is 2.38 bits per heavy atom. The number of nitrogens with one attached hydrogen (secondary N) is 2. The molecule has 7 nitrogen and oxygen atoms in total. The largest absolute Gasteiger partial charge is 0.480 e. The van der Waals surface area contributed by atoms with Gasteiger partial charge in [0, 0.05) is 30.7 Å². The van der Waals surface area contributed by atoms with E-state index < -0.39 is 10.0 Å². The van der Waals surface area contributed by atoms with Crippen LogP contribution in [0.25, 0.3) is 0 Å². The van der Waals surface area contributed by atoms with E-state index in [1.165, 1.54) is 6.42 Å². The summed E-state index contributed by atoms with van der Waals surface area (Å²) in [5.74, 6) is 0.813. The lowest BCUT2D eigenvalue weighted by atomic mass is 9.87. The summed E-state index contributed by atoms with van der Waals surface area (Å²) in [5.41, 5.74) is 2.68. The third-order valence-corrected chi connectivity index (χ3v) is 9.10. The van der Waals surface area contributed by atoms with E-state index in [0.717, 1.165) is 81.3 Å². The van der Waals surface area contributed by atoms with Gasteiger partial charge in [0.15, 0.2) is 5.88 Å². The van der Waals surface area contributed by atoms with Gasteiger partial charge in [-0.1, -0.05) is 19.3 Å². The van der Waals surface area contributed by atoms with Crippen LogP contribution in [-0.4, -0.2) is 45.0 Å². The molecule has 8 heteroatoms. The lowest BCUT2D eigenvalue weighted by Crippen LogP contribution is -2.44. The quantitative estimate of drug-likeness (QED) is 0.531. The summed E-state index contributed by atoms with van der Waals surface area (Å²) in [7, 11) is -3.65. The normalized spacial score (nSPS) is 20.0. The van der Waals surface area contributed by atoms with Gasteiger partial charge in [-0.15, -0.1) is 0 Å². The predicted octanol–water partition coefficient (Wildman–Crippen LogP) is 4.33. The molecule has 0 bridgehead atoms. The lowest BCUT2D eigenvalue weighted by molar-refractivity contribution is -0.120. The molecule has 0 spiro atoms. The molecule has 2 aliphatic carbocycles.